The fourth-order valence-electron chi connectivity index (χ4n) is 2.09. The van der Waals surface area contributed by atoms with Gasteiger partial charge in [-0.3, -0.25) is 4.79 Å². The summed E-state index contributed by atoms with van der Waals surface area (Å²) in [4.78, 5) is 13.9. The predicted molar refractivity (Wildman–Crippen MR) is 82.6 cm³/mol. The van der Waals surface area contributed by atoms with Gasteiger partial charge in [-0.2, -0.15) is 0 Å². The third kappa shape index (κ3) is 4.32. The van der Waals surface area contributed by atoms with Crippen LogP contribution in [0.5, 0.6) is 5.75 Å². The second-order valence-corrected chi connectivity index (χ2v) is 6.19. The van der Waals surface area contributed by atoms with Crippen LogP contribution in [0.2, 0.25) is 5.02 Å². The Balaban J connectivity index is 1.94. The molecule has 2 unspecified atom stereocenters. The molecule has 0 radical (unpaired) electrons. The van der Waals surface area contributed by atoms with Crippen LogP contribution in [-0.4, -0.2) is 54.4 Å². The van der Waals surface area contributed by atoms with Crippen LogP contribution in [0.25, 0.3) is 0 Å². The number of rotatable bonds is 4. The molecule has 1 aliphatic heterocycles. The summed E-state index contributed by atoms with van der Waals surface area (Å²) in [5.41, 5.74) is 0. The van der Waals surface area contributed by atoms with E-state index < -0.39 is 0 Å². The Morgan fingerprint density at radius 3 is 3.05 bits per heavy atom. The maximum Gasteiger partial charge on any atom is 0.260 e. The number of amides is 1. The lowest BCUT2D eigenvalue weighted by molar-refractivity contribution is -0.148. The minimum absolute atomic E-state index is 0.0300. The summed E-state index contributed by atoms with van der Waals surface area (Å²) in [5.74, 6) is 0.429. The molecule has 116 valence electrons. The van der Waals surface area contributed by atoms with Crippen molar-refractivity contribution in [2.75, 3.05) is 26.4 Å². The number of nitrogens with zero attached hydrogens (tertiary/aromatic N) is 1. The smallest absolute Gasteiger partial charge is 0.260 e. The highest BCUT2D eigenvalue weighted by atomic mass is 79.9. The molecule has 5 nitrogen and oxygen atoms in total. The van der Waals surface area contributed by atoms with E-state index in [4.69, 9.17) is 26.2 Å². The molecular weight excluding hydrogens is 362 g/mol. The van der Waals surface area contributed by atoms with Crippen molar-refractivity contribution in [3.63, 3.8) is 0 Å². The van der Waals surface area contributed by atoms with Gasteiger partial charge in [0.1, 0.15) is 5.75 Å². The summed E-state index contributed by atoms with van der Waals surface area (Å²) >= 11 is 9.19. The average Bonchev–Trinajstić information content (AvgIpc) is 2.46. The number of ether oxygens (including phenoxy) is 2. The van der Waals surface area contributed by atoms with E-state index in [2.05, 4.69) is 15.9 Å². The Labute approximate surface area is 136 Å². The first-order valence-corrected chi connectivity index (χ1v) is 7.78. The summed E-state index contributed by atoms with van der Waals surface area (Å²) in [5, 5.41) is 9.73. The van der Waals surface area contributed by atoms with Gasteiger partial charge < -0.3 is 19.5 Å². The number of aliphatic hydroxyl groups is 1. The normalized spacial score (nSPS) is 22.2. The van der Waals surface area contributed by atoms with Gasteiger partial charge >= 0.3 is 0 Å². The molecule has 1 aliphatic rings. The average molecular weight is 379 g/mol. The van der Waals surface area contributed by atoms with Crippen LogP contribution in [0.4, 0.5) is 0 Å². The van der Waals surface area contributed by atoms with Gasteiger partial charge in [0.05, 0.1) is 29.8 Å². The largest absolute Gasteiger partial charge is 0.483 e. The highest BCUT2D eigenvalue weighted by Gasteiger charge is 2.29. The number of morpholine rings is 1. The van der Waals surface area contributed by atoms with E-state index in [0.717, 1.165) is 0 Å². The summed E-state index contributed by atoms with van der Waals surface area (Å²) < 4.78 is 11.6. The van der Waals surface area contributed by atoms with Gasteiger partial charge in [-0.05, 0) is 41.1 Å². The van der Waals surface area contributed by atoms with Crippen LogP contribution >= 0.6 is 27.5 Å². The monoisotopic (exact) mass is 377 g/mol. The zero-order chi connectivity index (χ0) is 15.4. The molecule has 1 heterocycles. The highest BCUT2D eigenvalue weighted by Crippen LogP contribution is 2.28. The van der Waals surface area contributed by atoms with E-state index in [9.17, 15) is 4.79 Å². The lowest BCUT2D eigenvalue weighted by Crippen LogP contribution is -2.53. The molecule has 0 bridgehead atoms. The number of carbonyl (C=O) groups excluding carboxylic acids is 1. The summed E-state index contributed by atoms with van der Waals surface area (Å²) in [6, 6.07) is 5.09. The number of carbonyl (C=O) groups is 1. The van der Waals surface area contributed by atoms with Crippen molar-refractivity contribution in [1.29, 1.82) is 0 Å². The SMILES string of the molecule is CC1COC(CO)CN1C(=O)COc1ccc(Cl)cc1Br. The number of halogens is 2. The molecule has 1 amide bonds. The van der Waals surface area contributed by atoms with Gasteiger partial charge in [0.2, 0.25) is 0 Å². The van der Waals surface area contributed by atoms with E-state index in [1.807, 2.05) is 6.92 Å². The Morgan fingerprint density at radius 1 is 1.62 bits per heavy atom. The van der Waals surface area contributed by atoms with Crippen molar-refractivity contribution >= 4 is 33.4 Å². The first-order chi connectivity index (χ1) is 10.0. The molecule has 2 atom stereocenters. The topological polar surface area (TPSA) is 59.0 Å². The minimum Gasteiger partial charge on any atom is -0.483 e. The fraction of sp³-hybridized carbons (Fsp3) is 0.500. The van der Waals surface area contributed by atoms with E-state index >= 15 is 0 Å². The van der Waals surface area contributed by atoms with Crippen LogP contribution in [0.3, 0.4) is 0 Å². The standard InChI is InChI=1S/C14H17BrClNO4/c1-9-7-20-11(6-18)5-17(9)14(19)8-21-13-3-2-10(16)4-12(13)15/h2-4,9,11,18H,5-8H2,1H3. The van der Waals surface area contributed by atoms with Crippen molar-refractivity contribution < 1.29 is 19.4 Å². The van der Waals surface area contributed by atoms with E-state index in [1.54, 1.807) is 23.1 Å². The molecule has 7 heteroatoms. The third-order valence-electron chi connectivity index (χ3n) is 3.27. The zero-order valence-electron chi connectivity index (χ0n) is 11.6. The van der Waals surface area contributed by atoms with Crippen LogP contribution in [0, 0.1) is 0 Å². The molecule has 0 aromatic heterocycles. The van der Waals surface area contributed by atoms with Crippen molar-refractivity contribution in [2.24, 2.45) is 0 Å². The molecule has 1 N–H and O–H groups in total. The van der Waals surface area contributed by atoms with Gasteiger partial charge in [-0.25, -0.2) is 0 Å². The molecule has 21 heavy (non-hydrogen) atoms. The van der Waals surface area contributed by atoms with Crippen molar-refractivity contribution in [3.8, 4) is 5.75 Å². The molecule has 2 rings (SSSR count). The van der Waals surface area contributed by atoms with Gasteiger partial charge in [0, 0.05) is 11.6 Å². The molecule has 1 saturated heterocycles. The van der Waals surface area contributed by atoms with Gasteiger partial charge in [-0.1, -0.05) is 11.6 Å². The van der Waals surface area contributed by atoms with E-state index in [1.165, 1.54) is 0 Å². The van der Waals surface area contributed by atoms with E-state index in [-0.39, 0.29) is 31.3 Å². The molecular formula is C14H17BrClNO4. The number of hydrogen-bond donors (Lipinski definition) is 1. The lowest BCUT2D eigenvalue weighted by atomic mass is 10.2. The van der Waals surface area contributed by atoms with Crippen LogP contribution in [-0.2, 0) is 9.53 Å². The van der Waals surface area contributed by atoms with Crippen LogP contribution in [0.15, 0.2) is 22.7 Å². The van der Waals surface area contributed by atoms with Crippen molar-refractivity contribution in [2.45, 2.75) is 19.1 Å². The molecule has 1 aromatic carbocycles. The first kappa shape index (κ1) is 16.5. The van der Waals surface area contributed by atoms with E-state index in [0.29, 0.717) is 28.4 Å². The number of hydrogen-bond acceptors (Lipinski definition) is 4. The summed E-state index contributed by atoms with van der Waals surface area (Å²) in [6.07, 6.45) is -0.326. The minimum atomic E-state index is -0.326. The quantitative estimate of drug-likeness (QED) is 0.871. The van der Waals surface area contributed by atoms with Crippen LogP contribution < -0.4 is 4.74 Å². The third-order valence-corrected chi connectivity index (χ3v) is 4.13. The summed E-state index contributed by atoms with van der Waals surface area (Å²) in [6.45, 7) is 2.54. The Hall–Kier alpha value is -0.820. The number of benzene rings is 1. The van der Waals surface area contributed by atoms with Gasteiger partial charge in [-0.15, -0.1) is 0 Å². The molecule has 1 aromatic rings. The molecule has 0 saturated carbocycles. The molecule has 0 spiro atoms. The van der Waals surface area contributed by atoms with Gasteiger partial charge in [0.25, 0.3) is 5.91 Å². The van der Waals surface area contributed by atoms with Crippen molar-refractivity contribution in [1.82, 2.24) is 4.90 Å². The first-order valence-electron chi connectivity index (χ1n) is 6.61. The zero-order valence-corrected chi connectivity index (χ0v) is 13.9. The summed E-state index contributed by atoms with van der Waals surface area (Å²) in [7, 11) is 0. The Bertz CT molecular complexity index is 514. The Morgan fingerprint density at radius 2 is 2.38 bits per heavy atom. The van der Waals surface area contributed by atoms with Crippen molar-refractivity contribution in [3.05, 3.63) is 27.7 Å². The molecule has 1 fully saturated rings. The molecule has 0 aliphatic carbocycles. The second-order valence-electron chi connectivity index (χ2n) is 4.90. The van der Waals surface area contributed by atoms with Crippen LogP contribution in [0.1, 0.15) is 6.92 Å². The highest BCUT2D eigenvalue weighted by molar-refractivity contribution is 9.10. The van der Waals surface area contributed by atoms with Gasteiger partial charge in [0.15, 0.2) is 6.61 Å². The maximum atomic E-state index is 12.2. The predicted octanol–water partition coefficient (Wildman–Crippen LogP) is 2.09. The lowest BCUT2D eigenvalue weighted by Gasteiger charge is -2.37. The fourth-order valence-corrected chi connectivity index (χ4v) is 2.89. The second kappa shape index (κ2) is 7.45. The number of aliphatic hydroxyl groups excluding tert-OH is 1. The maximum absolute atomic E-state index is 12.2. The Kier molecular flexibility index (Phi) is 5.87.